The quantitative estimate of drug-likeness (QED) is 0.495. The van der Waals surface area contributed by atoms with E-state index in [1.807, 2.05) is 6.92 Å². The second-order valence-corrected chi connectivity index (χ2v) is 11.2. The molecule has 2 amide bonds. The Morgan fingerprint density at radius 3 is 2.55 bits per heavy atom. The molecule has 40 heavy (non-hydrogen) atoms. The number of aromatic nitrogens is 2. The van der Waals surface area contributed by atoms with Crippen LogP contribution in [0.1, 0.15) is 36.8 Å². The van der Waals surface area contributed by atoms with Gasteiger partial charge in [0.15, 0.2) is 11.8 Å². The molecule has 0 spiro atoms. The predicted octanol–water partition coefficient (Wildman–Crippen LogP) is 3.34. The largest absolute Gasteiger partial charge is 0.467 e. The van der Waals surface area contributed by atoms with Crippen LogP contribution in [0.4, 0.5) is 23.2 Å². The highest BCUT2D eigenvalue weighted by molar-refractivity contribution is 8.15. The molecule has 0 saturated carbocycles. The van der Waals surface area contributed by atoms with Crippen molar-refractivity contribution in [3.8, 4) is 5.88 Å². The van der Waals surface area contributed by atoms with Gasteiger partial charge in [0, 0.05) is 30.3 Å². The first-order valence-corrected chi connectivity index (χ1v) is 13.1. The van der Waals surface area contributed by atoms with Crippen molar-refractivity contribution in [1.82, 2.24) is 14.9 Å². The maximum absolute atomic E-state index is 15.3. The number of amidine groups is 1. The van der Waals surface area contributed by atoms with Crippen LogP contribution in [0.2, 0.25) is 0 Å². The molecular formula is C25H28F4N6O4S. The first kappa shape index (κ1) is 29.5. The minimum Gasteiger partial charge on any atom is -0.467 e. The summed E-state index contributed by atoms with van der Waals surface area (Å²) in [5.74, 6) is -2.42. The number of benzene rings is 1. The summed E-state index contributed by atoms with van der Waals surface area (Å²) < 4.78 is 61.1. The number of nitrogens with one attached hydrogen (secondary N) is 1. The highest BCUT2D eigenvalue weighted by Gasteiger charge is 2.55. The van der Waals surface area contributed by atoms with Crippen molar-refractivity contribution in [2.24, 2.45) is 16.6 Å². The van der Waals surface area contributed by atoms with Crippen molar-refractivity contribution in [3.05, 3.63) is 47.7 Å². The van der Waals surface area contributed by atoms with Gasteiger partial charge in [-0.05, 0) is 32.0 Å². The summed E-state index contributed by atoms with van der Waals surface area (Å²) in [5, 5.41) is 2.70. The molecule has 3 heterocycles. The Balaban J connectivity index is 1.57. The predicted molar refractivity (Wildman–Crippen MR) is 139 cm³/mol. The molecule has 0 bridgehead atoms. The molecule has 1 fully saturated rings. The highest BCUT2D eigenvalue weighted by atomic mass is 32.2. The molecule has 1 aromatic heterocycles. The third kappa shape index (κ3) is 6.14. The fourth-order valence-electron chi connectivity index (χ4n) is 4.64. The lowest BCUT2D eigenvalue weighted by Crippen LogP contribution is -2.58. The lowest BCUT2D eigenvalue weighted by molar-refractivity contribution is -0.154. The number of carbonyl (C=O) groups excluding carboxylic acids is 2. The minimum absolute atomic E-state index is 0.115. The Morgan fingerprint density at radius 1 is 1.23 bits per heavy atom. The van der Waals surface area contributed by atoms with Crippen LogP contribution in [0, 0.1) is 11.7 Å². The number of nitrogens with two attached hydrogens (primary N) is 1. The number of hydrogen-bond acceptors (Lipinski definition) is 9. The van der Waals surface area contributed by atoms with E-state index in [2.05, 4.69) is 25.0 Å². The lowest BCUT2D eigenvalue weighted by atomic mass is 9.73. The summed E-state index contributed by atoms with van der Waals surface area (Å²) in [6.45, 7) is 5.43. The standard InChI is InChI=1S/C25H28F4N6O4S/c1-14-23(2,34-22(30)40-24(14,3)21(37)35-6-8-38-9-7-35)16-10-15(4-5-17(16)26)33-20(36)18-11-32-19(12-31-18)39-13-25(27,28)29/h4-5,10-12,14H,6-9,13H2,1-3H3,(H2,30,34)(H,33,36)/t14?,23-,24-/m0/s1. The van der Waals surface area contributed by atoms with Gasteiger partial charge in [-0.25, -0.2) is 14.4 Å². The van der Waals surface area contributed by atoms with Crippen molar-refractivity contribution < 1.29 is 36.6 Å². The number of alkyl halides is 3. The molecule has 10 nitrogen and oxygen atoms in total. The van der Waals surface area contributed by atoms with E-state index < -0.39 is 46.6 Å². The van der Waals surface area contributed by atoms with Gasteiger partial charge in [-0.2, -0.15) is 13.2 Å². The molecule has 4 rings (SSSR count). The molecule has 2 aliphatic rings. The van der Waals surface area contributed by atoms with Crippen molar-refractivity contribution in [3.63, 3.8) is 0 Å². The summed E-state index contributed by atoms with van der Waals surface area (Å²) in [6.07, 6.45) is -2.70. The number of thioether (sulfide) groups is 1. The van der Waals surface area contributed by atoms with Crippen LogP contribution in [0.5, 0.6) is 5.88 Å². The summed E-state index contributed by atoms with van der Waals surface area (Å²) in [4.78, 5) is 40.1. The van der Waals surface area contributed by atoms with Crippen LogP contribution in [-0.2, 0) is 15.1 Å². The molecule has 15 heteroatoms. The van der Waals surface area contributed by atoms with Crippen LogP contribution < -0.4 is 15.8 Å². The molecule has 216 valence electrons. The molecule has 0 aliphatic carbocycles. The van der Waals surface area contributed by atoms with E-state index in [1.165, 1.54) is 12.1 Å². The van der Waals surface area contributed by atoms with Crippen molar-refractivity contribution in [2.45, 2.75) is 37.2 Å². The van der Waals surface area contributed by atoms with Gasteiger partial charge >= 0.3 is 6.18 Å². The van der Waals surface area contributed by atoms with Gasteiger partial charge in [0.25, 0.3) is 5.91 Å². The third-order valence-corrected chi connectivity index (χ3v) is 8.32. The van der Waals surface area contributed by atoms with Gasteiger partial charge in [-0.1, -0.05) is 18.7 Å². The number of amides is 2. The maximum atomic E-state index is 15.3. The van der Waals surface area contributed by atoms with Crippen molar-refractivity contribution >= 4 is 34.4 Å². The number of nitrogens with zero attached hydrogens (tertiary/aromatic N) is 4. The van der Waals surface area contributed by atoms with E-state index >= 15 is 4.39 Å². The Hall–Kier alpha value is -3.46. The van der Waals surface area contributed by atoms with E-state index in [4.69, 9.17) is 10.5 Å². The average Bonchev–Trinajstić information content (AvgIpc) is 2.91. The number of anilines is 1. The van der Waals surface area contributed by atoms with Gasteiger partial charge in [0.1, 0.15) is 16.3 Å². The zero-order valence-electron chi connectivity index (χ0n) is 21.9. The second-order valence-electron chi connectivity index (χ2n) is 9.73. The molecular weight excluding hydrogens is 556 g/mol. The molecule has 2 aromatic rings. The van der Waals surface area contributed by atoms with Crippen LogP contribution in [0.3, 0.4) is 0 Å². The zero-order valence-corrected chi connectivity index (χ0v) is 22.7. The van der Waals surface area contributed by atoms with Gasteiger partial charge < -0.3 is 25.4 Å². The van der Waals surface area contributed by atoms with E-state index in [0.29, 0.717) is 26.3 Å². The summed E-state index contributed by atoms with van der Waals surface area (Å²) in [5.41, 5.74) is 5.03. The highest BCUT2D eigenvalue weighted by Crippen LogP contribution is 2.51. The van der Waals surface area contributed by atoms with Crippen LogP contribution in [-0.4, -0.2) is 75.7 Å². The van der Waals surface area contributed by atoms with Gasteiger partial charge in [0.05, 0.1) is 31.1 Å². The normalized spacial score (nSPS) is 25.2. The molecule has 1 aromatic carbocycles. The van der Waals surface area contributed by atoms with E-state index in [-0.39, 0.29) is 28.0 Å². The summed E-state index contributed by atoms with van der Waals surface area (Å²) in [6, 6.07) is 3.91. The molecule has 3 atom stereocenters. The molecule has 3 N–H and O–H groups in total. The van der Waals surface area contributed by atoms with Gasteiger partial charge in [0.2, 0.25) is 11.8 Å². The van der Waals surface area contributed by atoms with E-state index in [9.17, 15) is 22.8 Å². The van der Waals surface area contributed by atoms with E-state index in [0.717, 1.165) is 30.2 Å². The molecule has 1 saturated heterocycles. The number of rotatable bonds is 6. The Morgan fingerprint density at radius 2 is 1.93 bits per heavy atom. The number of ether oxygens (including phenoxy) is 2. The number of carbonyl (C=O) groups is 2. The molecule has 0 radical (unpaired) electrons. The van der Waals surface area contributed by atoms with E-state index in [1.54, 1.807) is 18.7 Å². The van der Waals surface area contributed by atoms with Crippen LogP contribution in [0.15, 0.2) is 35.6 Å². The second kappa shape index (κ2) is 11.2. The van der Waals surface area contributed by atoms with Crippen molar-refractivity contribution in [1.29, 1.82) is 0 Å². The third-order valence-electron chi connectivity index (χ3n) is 7.07. The topological polar surface area (TPSA) is 132 Å². The Bertz CT molecular complexity index is 1310. The molecule has 1 unspecified atom stereocenters. The fraction of sp³-hybridized carbons (Fsp3) is 0.480. The average molecular weight is 585 g/mol. The van der Waals surface area contributed by atoms with Crippen LogP contribution >= 0.6 is 11.8 Å². The summed E-state index contributed by atoms with van der Waals surface area (Å²) in [7, 11) is 0. The van der Waals surface area contributed by atoms with Crippen molar-refractivity contribution in [2.75, 3.05) is 38.2 Å². The number of halogens is 4. The lowest BCUT2D eigenvalue weighted by Gasteiger charge is -2.48. The number of hydrogen-bond donors (Lipinski definition) is 2. The Labute approximate surface area is 231 Å². The first-order chi connectivity index (χ1) is 18.7. The monoisotopic (exact) mass is 584 g/mol. The summed E-state index contributed by atoms with van der Waals surface area (Å²) >= 11 is 1.14. The fourth-order valence-corrected chi connectivity index (χ4v) is 5.94. The van der Waals surface area contributed by atoms with Gasteiger partial charge in [-0.15, -0.1) is 0 Å². The zero-order chi connectivity index (χ0) is 29.3. The number of morpholine rings is 1. The Kier molecular flexibility index (Phi) is 8.26. The first-order valence-electron chi connectivity index (χ1n) is 12.3. The smallest absolute Gasteiger partial charge is 0.422 e. The van der Waals surface area contributed by atoms with Gasteiger partial charge in [-0.3, -0.25) is 14.6 Å². The van der Waals surface area contributed by atoms with Crippen LogP contribution in [0.25, 0.3) is 0 Å². The maximum Gasteiger partial charge on any atom is 0.422 e. The number of aliphatic imine (C=N–C) groups is 1. The minimum atomic E-state index is -4.55. The molecule has 2 aliphatic heterocycles. The SMILES string of the molecule is CC1[C@@](C)(C(=O)N2CCOCC2)SC(N)=N[C@]1(C)c1cc(NC(=O)c2cnc(OCC(F)(F)F)cn2)ccc1F.